The van der Waals surface area contributed by atoms with Crippen LogP contribution < -0.4 is 5.73 Å². The van der Waals surface area contributed by atoms with Gasteiger partial charge in [0.05, 0.1) is 10.2 Å². The Labute approximate surface area is 118 Å². The lowest BCUT2D eigenvalue weighted by Crippen LogP contribution is -2.39. The Morgan fingerprint density at radius 2 is 1.80 bits per heavy atom. The van der Waals surface area contributed by atoms with E-state index in [1.54, 1.807) is 0 Å². The Morgan fingerprint density at radius 3 is 2.50 bits per heavy atom. The summed E-state index contributed by atoms with van der Waals surface area (Å²) < 4.78 is 25.4. The van der Waals surface area contributed by atoms with Crippen LogP contribution in [0.4, 0.5) is 5.69 Å². The molecule has 0 radical (unpaired) electrons. The average Bonchev–Trinajstić information content (AvgIpc) is 2.63. The summed E-state index contributed by atoms with van der Waals surface area (Å²) in [5.41, 5.74) is 5.61. The van der Waals surface area contributed by atoms with E-state index in [0.29, 0.717) is 12.8 Å². The van der Waals surface area contributed by atoms with Crippen LogP contribution >= 0.6 is 0 Å². The van der Waals surface area contributed by atoms with Crippen molar-refractivity contribution < 1.29 is 13.3 Å². The summed E-state index contributed by atoms with van der Waals surface area (Å²) in [7, 11) is -3.78. The highest BCUT2D eigenvalue weighted by atomic mass is 32.2. The number of rotatable bonds is 3. The molecule has 1 aromatic rings. The second kappa shape index (κ2) is 5.88. The molecule has 2 rings (SSSR count). The molecule has 1 aliphatic rings. The number of para-hydroxylation sites is 1. The van der Waals surface area contributed by atoms with Gasteiger partial charge in [-0.25, -0.2) is 8.42 Å². The van der Waals surface area contributed by atoms with Crippen molar-refractivity contribution in [2.75, 3.05) is 0 Å². The molecule has 2 unspecified atom stereocenters. The minimum atomic E-state index is -3.78. The topological polar surface area (TPSA) is 103 Å². The molecule has 0 spiro atoms. The molecule has 1 aliphatic carbocycles. The smallest absolute Gasteiger partial charge is 0.287 e. The third kappa shape index (κ3) is 2.83. The molecule has 20 heavy (non-hydrogen) atoms. The molecule has 1 aromatic carbocycles. The van der Waals surface area contributed by atoms with Gasteiger partial charge < -0.3 is 5.73 Å². The van der Waals surface area contributed by atoms with Gasteiger partial charge in [0.2, 0.25) is 0 Å². The van der Waals surface area contributed by atoms with Crippen molar-refractivity contribution in [2.24, 2.45) is 5.73 Å². The molecule has 2 atom stereocenters. The van der Waals surface area contributed by atoms with Crippen LogP contribution in [0.5, 0.6) is 0 Å². The van der Waals surface area contributed by atoms with Crippen molar-refractivity contribution in [3.05, 3.63) is 34.4 Å². The third-order valence-electron chi connectivity index (χ3n) is 3.77. The predicted molar refractivity (Wildman–Crippen MR) is 75.1 cm³/mol. The Hall–Kier alpha value is -1.47. The first-order valence-corrected chi connectivity index (χ1v) is 8.22. The van der Waals surface area contributed by atoms with Gasteiger partial charge in [-0.05, 0) is 18.9 Å². The highest BCUT2D eigenvalue weighted by Gasteiger charge is 2.37. The predicted octanol–water partition coefficient (Wildman–Crippen LogP) is 2.03. The second-order valence-electron chi connectivity index (χ2n) is 5.11. The molecule has 0 aromatic heterocycles. The minimum Gasteiger partial charge on any atom is -0.327 e. The van der Waals surface area contributed by atoms with Gasteiger partial charge in [0.1, 0.15) is 4.90 Å². The van der Waals surface area contributed by atoms with Crippen LogP contribution in [0.1, 0.15) is 32.1 Å². The molecule has 0 aliphatic heterocycles. The van der Waals surface area contributed by atoms with E-state index in [-0.39, 0.29) is 10.6 Å². The summed E-state index contributed by atoms with van der Waals surface area (Å²) in [4.78, 5) is 10.1. The van der Waals surface area contributed by atoms with Crippen molar-refractivity contribution in [2.45, 2.75) is 48.3 Å². The molecule has 1 saturated carbocycles. The zero-order valence-corrected chi connectivity index (χ0v) is 11.9. The van der Waals surface area contributed by atoms with Gasteiger partial charge in [0, 0.05) is 12.1 Å². The van der Waals surface area contributed by atoms with Crippen LogP contribution in [0.25, 0.3) is 0 Å². The molecule has 110 valence electrons. The maximum absolute atomic E-state index is 12.7. The maximum atomic E-state index is 12.7. The van der Waals surface area contributed by atoms with Crippen LogP contribution in [0.3, 0.4) is 0 Å². The average molecular weight is 298 g/mol. The highest BCUT2D eigenvalue weighted by molar-refractivity contribution is 7.92. The summed E-state index contributed by atoms with van der Waals surface area (Å²) in [5.74, 6) is 0. The van der Waals surface area contributed by atoms with E-state index < -0.39 is 26.1 Å². The SMILES string of the molecule is NC1CCCCCC1S(=O)(=O)c1ccccc1[N+](=O)[O-]. The molecule has 0 heterocycles. The van der Waals surface area contributed by atoms with Crippen molar-refractivity contribution >= 4 is 15.5 Å². The van der Waals surface area contributed by atoms with Crippen LogP contribution in [0.15, 0.2) is 29.2 Å². The fourth-order valence-corrected chi connectivity index (χ4v) is 4.80. The summed E-state index contributed by atoms with van der Waals surface area (Å²) >= 11 is 0. The van der Waals surface area contributed by atoms with Crippen molar-refractivity contribution in [3.63, 3.8) is 0 Å². The Morgan fingerprint density at radius 1 is 1.15 bits per heavy atom. The normalized spacial score (nSPS) is 24.1. The molecule has 0 amide bonds. The molecule has 0 saturated heterocycles. The molecule has 0 bridgehead atoms. The lowest BCUT2D eigenvalue weighted by molar-refractivity contribution is -0.387. The first-order chi connectivity index (χ1) is 9.44. The van der Waals surface area contributed by atoms with Gasteiger partial charge in [0.15, 0.2) is 9.84 Å². The number of nitro benzene ring substituents is 1. The second-order valence-corrected chi connectivity index (χ2v) is 7.25. The number of nitrogens with two attached hydrogens (primary N) is 1. The fraction of sp³-hybridized carbons (Fsp3) is 0.538. The summed E-state index contributed by atoms with van der Waals surface area (Å²) in [6.07, 6.45) is 3.76. The molecule has 2 N–H and O–H groups in total. The number of hydrogen-bond acceptors (Lipinski definition) is 5. The summed E-state index contributed by atoms with van der Waals surface area (Å²) in [6.45, 7) is 0. The maximum Gasteiger partial charge on any atom is 0.287 e. The number of nitrogens with zero attached hydrogens (tertiary/aromatic N) is 1. The largest absolute Gasteiger partial charge is 0.327 e. The number of nitro groups is 1. The van der Waals surface area contributed by atoms with E-state index in [4.69, 9.17) is 5.73 Å². The van der Waals surface area contributed by atoms with Gasteiger partial charge in [-0.15, -0.1) is 0 Å². The standard InChI is InChI=1S/C13H18N2O4S/c14-10-6-2-1-3-8-12(10)20(18,19)13-9-5-4-7-11(13)15(16)17/h4-5,7,9-10,12H,1-3,6,8,14H2. The van der Waals surface area contributed by atoms with E-state index in [9.17, 15) is 18.5 Å². The van der Waals surface area contributed by atoms with Crippen LogP contribution in [0.2, 0.25) is 0 Å². The highest BCUT2D eigenvalue weighted by Crippen LogP contribution is 2.32. The monoisotopic (exact) mass is 298 g/mol. The van der Waals surface area contributed by atoms with Crippen molar-refractivity contribution in [1.82, 2.24) is 0 Å². The quantitative estimate of drug-likeness (QED) is 0.522. The van der Waals surface area contributed by atoms with Gasteiger partial charge in [-0.3, -0.25) is 10.1 Å². The van der Waals surface area contributed by atoms with Gasteiger partial charge in [-0.1, -0.05) is 31.4 Å². The molecule has 6 nitrogen and oxygen atoms in total. The van der Waals surface area contributed by atoms with E-state index in [1.165, 1.54) is 24.3 Å². The van der Waals surface area contributed by atoms with Gasteiger partial charge >= 0.3 is 0 Å². The third-order valence-corrected chi connectivity index (χ3v) is 6.11. The van der Waals surface area contributed by atoms with Crippen molar-refractivity contribution in [1.29, 1.82) is 0 Å². The molecular weight excluding hydrogens is 280 g/mol. The Balaban J connectivity index is 2.46. The molecular formula is C13H18N2O4S. The lowest BCUT2D eigenvalue weighted by atomic mass is 10.1. The Kier molecular flexibility index (Phi) is 4.39. The minimum absolute atomic E-state index is 0.215. The van der Waals surface area contributed by atoms with E-state index in [2.05, 4.69) is 0 Å². The van der Waals surface area contributed by atoms with Crippen LogP contribution in [-0.4, -0.2) is 24.6 Å². The zero-order chi connectivity index (χ0) is 14.8. The van der Waals surface area contributed by atoms with E-state index in [1.807, 2.05) is 0 Å². The van der Waals surface area contributed by atoms with E-state index >= 15 is 0 Å². The molecule has 7 heteroatoms. The van der Waals surface area contributed by atoms with Gasteiger partial charge in [-0.2, -0.15) is 0 Å². The number of benzene rings is 1. The summed E-state index contributed by atoms with van der Waals surface area (Å²) in [6, 6.07) is 5.02. The summed E-state index contributed by atoms with van der Waals surface area (Å²) in [5, 5.41) is 10.3. The first kappa shape index (κ1) is 14.9. The van der Waals surface area contributed by atoms with Gasteiger partial charge in [0.25, 0.3) is 5.69 Å². The number of hydrogen-bond donors (Lipinski definition) is 1. The first-order valence-electron chi connectivity index (χ1n) is 6.67. The van der Waals surface area contributed by atoms with Crippen molar-refractivity contribution in [3.8, 4) is 0 Å². The Bertz CT molecular complexity index is 600. The number of sulfone groups is 1. The zero-order valence-electron chi connectivity index (χ0n) is 11.1. The van der Waals surface area contributed by atoms with Crippen LogP contribution in [-0.2, 0) is 9.84 Å². The van der Waals surface area contributed by atoms with E-state index in [0.717, 1.165) is 19.3 Å². The fourth-order valence-electron chi connectivity index (χ4n) is 2.70. The lowest BCUT2D eigenvalue weighted by Gasteiger charge is -2.21. The molecule has 1 fully saturated rings. The van der Waals surface area contributed by atoms with Crippen LogP contribution in [0, 0.1) is 10.1 Å².